The molecule has 0 radical (unpaired) electrons. The number of carbonyl (C=O) groups is 1. The number of hydrogen-bond acceptors (Lipinski definition) is 3. The summed E-state index contributed by atoms with van der Waals surface area (Å²) < 4.78 is 28.1. The SMILES string of the molecule is Cc1ccc(S(=O)(=O)N2C=C(C3=CCCCC3)[C@H]3C[C@@H]2CCC3=O)cc1. The minimum atomic E-state index is -3.60. The van der Waals surface area contributed by atoms with Gasteiger partial charge in [-0.3, -0.25) is 9.10 Å². The molecule has 5 heteroatoms. The Morgan fingerprint density at radius 3 is 2.54 bits per heavy atom. The molecular weight excluding hydrogens is 346 g/mol. The van der Waals surface area contributed by atoms with E-state index in [4.69, 9.17) is 0 Å². The third-order valence-electron chi connectivity index (χ3n) is 5.88. The minimum absolute atomic E-state index is 0.114. The van der Waals surface area contributed by atoms with E-state index in [0.717, 1.165) is 30.4 Å². The monoisotopic (exact) mass is 371 g/mol. The van der Waals surface area contributed by atoms with E-state index < -0.39 is 10.0 Å². The van der Waals surface area contributed by atoms with Crippen LogP contribution in [-0.2, 0) is 14.8 Å². The van der Waals surface area contributed by atoms with Gasteiger partial charge >= 0.3 is 0 Å². The fourth-order valence-corrected chi connectivity index (χ4v) is 5.93. The van der Waals surface area contributed by atoms with Crippen LogP contribution in [0.25, 0.3) is 0 Å². The molecule has 0 unspecified atom stereocenters. The number of ketones is 1. The molecule has 2 bridgehead atoms. The summed E-state index contributed by atoms with van der Waals surface area (Å²) in [6.45, 7) is 1.95. The van der Waals surface area contributed by atoms with Crippen molar-refractivity contribution in [3.63, 3.8) is 0 Å². The smallest absolute Gasteiger partial charge is 0.264 e. The lowest BCUT2D eigenvalue weighted by atomic mass is 9.74. The van der Waals surface area contributed by atoms with Crippen LogP contribution in [0.15, 0.2) is 52.6 Å². The summed E-state index contributed by atoms with van der Waals surface area (Å²) in [5.41, 5.74) is 3.16. The van der Waals surface area contributed by atoms with Crippen molar-refractivity contribution in [2.45, 2.75) is 62.8 Å². The van der Waals surface area contributed by atoms with E-state index >= 15 is 0 Å². The number of rotatable bonds is 3. The predicted molar refractivity (Wildman–Crippen MR) is 101 cm³/mol. The van der Waals surface area contributed by atoms with Crippen LogP contribution >= 0.6 is 0 Å². The van der Waals surface area contributed by atoms with Crippen LogP contribution in [0.4, 0.5) is 0 Å². The zero-order chi connectivity index (χ0) is 18.3. The van der Waals surface area contributed by atoms with Crippen molar-refractivity contribution in [3.05, 3.63) is 53.3 Å². The number of aryl methyl sites for hydroxylation is 1. The molecule has 0 aromatic heterocycles. The third kappa shape index (κ3) is 3.02. The first-order chi connectivity index (χ1) is 12.5. The van der Waals surface area contributed by atoms with E-state index in [2.05, 4.69) is 6.08 Å². The number of Topliss-reactive ketones (excluding diaryl/α,β-unsaturated/α-hetero) is 1. The number of nitrogens with zero attached hydrogens (tertiary/aromatic N) is 1. The Hall–Kier alpha value is -1.88. The standard InChI is InChI=1S/C21H25NO3S/c1-15-7-10-18(11-8-15)26(24,25)22-14-20(16-5-3-2-4-6-16)19-13-17(22)9-12-21(19)23/h5,7-8,10-11,14,17,19H,2-4,6,9,12-13H2,1H3/t17-,19+/m0/s1. The largest absolute Gasteiger partial charge is 0.299 e. The van der Waals surface area contributed by atoms with Crippen molar-refractivity contribution in [2.24, 2.45) is 5.92 Å². The van der Waals surface area contributed by atoms with Gasteiger partial charge in [0.2, 0.25) is 0 Å². The highest BCUT2D eigenvalue weighted by molar-refractivity contribution is 7.89. The first-order valence-corrected chi connectivity index (χ1v) is 10.9. The lowest BCUT2D eigenvalue weighted by Gasteiger charge is -2.42. The van der Waals surface area contributed by atoms with Crippen LogP contribution in [0.1, 0.15) is 50.5 Å². The highest BCUT2D eigenvalue weighted by Crippen LogP contribution is 2.42. The summed E-state index contributed by atoms with van der Waals surface area (Å²) in [7, 11) is -3.60. The minimum Gasteiger partial charge on any atom is -0.299 e. The predicted octanol–water partition coefficient (Wildman–Crippen LogP) is 4.12. The number of benzene rings is 1. The van der Waals surface area contributed by atoms with Gasteiger partial charge in [-0.15, -0.1) is 0 Å². The maximum atomic E-state index is 13.3. The summed E-state index contributed by atoms with van der Waals surface area (Å²) in [4.78, 5) is 12.8. The molecule has 4 nitrogen and oxygen atoms in total. The van der Waals surface area contributed by atoms with Crippen molar-refractivity contribution < 1.29 is 13.2 Å². The molecule has 138 valence electrons. The van der Waals surface area contributed by atoms with Gasteiger partial charge in [0.1, 0.15) is 5.78 Å². The van der Waals surface area contributed by atoms with E-state index in [-0.39, 0.29) is 17.7 Å². The van der Waals surface area contributed by atoms with Crippen molar-refractivity contribution in [1.82, 2.24) is 4.31 Å². The van der Waals surface area contributed by atoms with Gasteiger partial charge in [-0.1, -0.05) is 23.8 Å². The molecule has 2 atom stereocenters. The molecule has 4 rings (SSSR count). The van der Waals surface area contributed by atoms with E-state index in [9.17, 15) is 13.2 Å². The number of hydrogen-bond donors (Lipinski definition) is 0. The van der Waals surface area contributed by atoms with E-state index in [1.165, 1.54) is 12.0 Å². The van der Waals surface area contributed by atoms with Gasteiger partial charge in [-0.05, 0) is 68.7 Å². The molecule has 1 aliphatic heterocycles. The second kappa shape index (κ2) is 6.69. The molecule has 1 saturated carbocycles. The molecular formula is C21H25NO3S. The zero-order valence-electron chi connectivity index (χ0n) is 15.1. The van der Waals surface area contributed by atoms with Crippen molar-refractivity contribution in [3.8, 4) is 0 Å². The molecule has 1 aromatic carbocycles. The summed E-state index contributed by atoms with van der Waals surface area (Å²) >= 11 is 0. The van der Waals surface area contributed by atoms with Gasteiger partial charge in [0.15, 0.2) is 0 Å². The zero-order valence-corrected chi connectivity index (χ0v) is 16.0. The Balaban J connectivity index is 1.78. The van der Waals surface area contributed by atoms with Gasteiger partial charge in [-0.2, -0.15) is 0 Å². The highest BCUT2D eigenvalue weighted by atomic mass is 32.2. The van der Waals surface area contributed by atoms with Crippen molar-refractivity contribution >= 4 is 15.8 Å². The lowest BCUT2D eigenvalue weighted by molar-refractivity contribution is -0.124. The Bertz CT molecular complexity index is 880. The Labute approximate surface area is 155 Å². The van der Waals surface area contributed by atoms with Crippen LogP contribution < -0.4 is 0 Å². The third-order valence-corrected chi connectivity index (χ3v) is 7.71. The van der Waals surface area contributed by atoms with Gasteiger partial charge in [-0.25, -0.2) is 8.42 Å². The molecule has 1 fully saturated rings. The highest BCUT2D eigenvalue weighted by Gasteiger charge is 2.42. The van der Waals surface area contributed by atoms with E-state index in [0.29, 0.717) is 24.2 Å². The maximum Gasteiger partial charge on any atom is 0.264 e. The van der Waals surface area contributed by atoms with E-state index in [1.54, 1.807) is 22.6 Å². The second-order valence-electron chi connectivity index (χ2n) is 7.65. The number of fused-ring (bicyclic) bond motifs is 2. The van der Waals surface area contributed by atoms with Gasteiger partial charge in [0, 0.05) is 24.6 Å². The molecule has 2 aliphatic carbocycles. The van der Waals surface area contributed by atoms with Crippen LogP contribution in [0.3, 0.4) is 0 Å². The Kier molecular flexibility index (Phi) is 4.51. The molecule has 0 saturated heterocycles. The molecule has 0 spiro atoms. The van der Waals surface area contributed by atoms with Crippen LogP contribution in [0.5, 0.6) is 0 Å². The van der Waals surface area contributed by atoms with Gasteiger partial charge < -0.3 is 0 Å². The number of allylic oxidation sites excluding steroid dienone is 3. The van der Waals surface area contributed by atoms with Crippen LogP contribution in [0.2, 0.25) is 0 Å². The van der Waals surface area contributed by atoms with Gasteiger partial charge in [0.25, 0.3) is 10.0 Å². The molecule has 0 amide bonds. The fourth-order valence-electron chi connectivity index (χ4n) is 4.37. The Morgan fingerprint density at radius 2 is 1.85 bits per heavy atom. The second-order valence-corrected chi connectivity index (χ2v) is 9.50. The van der Waals surface area contributed by atoms with E-state index in [1.807, 2.05) is 19.1 Å². The summed E-state index contributed by atoms with van der Waals surface area (Å²) in [5, 5.41) is 0. The average Bonchev–Trinajstić information content (AvgIpc) is 2.66. The summed E-state index contributed by atoms with van der Waals surface area (Å²) in [5.74, 6) is 0.147. The fraction of sp³-hybridized carbons (Fsp3) is 0.476. The lowest BCUT2D eigenvalue weighted by Crippen LogP contribution is -2.46. The Morgan fingerprint density at radius 1 is 1.08 bits per heavy atom. The summed E-state index contributed by atoms with van der Waals surface area (Å²) in [6.07, 6.45) is 9.93. The van der Waals surface area contributed by atoms with Crippen molar-refractivity contribution in [2.75, 3.05) is 0 Å². The molecule has 3 aliphatic rings. The number of sulfonamides is 1. The van der Waals surface area contributed by atoms with Crippen molar-refractivity contribution in [1.29, 1.82) is 0 Å². The van der Waals surface area contributed by atoms with Crippen LogP contribution in [-0.4, -0.2) is 24.5 Å². The first kappa shape index (κ1) is 17.5. The van der Waals surface area contributed by atoms with Crippen LogP contribution in [0, 0.1) is 12.8 Å². The van der Waals surface area contributed by atoms with Gasteiger partial charge in [0.05, 0.1) is 4.90 Å². The quantitative estimate of drug-likeness (QED) is 0.803. The average molecular weight is 372 g/mol. The molecule has 1 heterocycles. The molecule has 0 N–H and O–H groups in total. The molecule has 1 aromatic rings. The normalized spacial score (nSPS) is 26.3. The number of carbonyl (C=O) groups excluding carboxylic acids is 1. The molecule has 26 heavy (non-hydrogen) atoms. The maximum absolute atomic E-state index is 13.3. The summed E-state index contributed by atoms with van der Waals surface area (Å²) in [6, 6.07) is 6.91. The topological polar surface area (TPSA) is 54.5 Å². The first-order valence-electron chi connectivity index (χ1n) is 9.51.